The Kier molecular flexibility index (Phi) is 6.42. The summed E-state index contributed by atoms with van der Waals surface area (Å²) in [5.74, 6) is 2.74. The monoisotopic (exact) mass is 439 g/mol. The molecule has 4 rings (SSSR count). The number of aromatic nitrogens is 2. The first-order valence-corrected chi connectivity index (χ1v) is 10.5. The average molecular weight is 439 g/mol. The molecule has 0 radical (unpaired) electrons. The number of ether oxygens (including phenoxy) is 4. The van der Waals surface area contributed by atoms with E-state index in [-0.39, 0.29) is 11.7 Å². The van der Waals surface area contributed by atoms with Gasteiger partial charge >= 0.3 is 0 Å². The van der Waals surface area contributed by atoms with Gasteiger partial charge in [0.2, 0.25) is 5.91 Å². The maximum absolute atomic E-state index is 12.3. The van der Waals surface area contributed by atoms with E-state index in [4.69, 9.17) is 18.9 Å². The van der Waals surface area contributed by atoms with E-state index in [1.54, 1.807) is 32.4 Å². The number of nitrogens with one attached hydrogen (secondary N) is 1. The molecule has 0 saturated carbocycles. The van der Waals surface area contributed by atoms with E-state index in [1.165, 1.54) is 11.8 Å². The van der Waals surface area contributed by atoms with Crippen LogP contribution in [0, 0.1) is 0 Å². The number of amides is 1. The molecule has 1 aliphatic heterocycles. The van der Waals surface area contributed by atoms with Crippen molar-refractivity contribution in [3.63, 3.8) is 0 Å². The molecule has 160 valence electrons. The first-order chi connectivity index (χ1) is 15.2. The van der Waals surface area contributed by atoms with Gasteiger partial charge in [-0.25, -0.2) is 0 Å². The molecule has 0 atom stereocenters. The Morgan fingerprint density at radius 2 is 1.84 bits per heavy atom. The number of hydrogen-bond donors (Lipinski definition) is 1. The molecular weight excluding hydrogens is 418 g/mol. The Morgan fingerprint density at radius 1 is 1.00 bits per heavy atom. The summed E-state index contributed by atoms with van der Waals surface area (Å²) in [5.41, 5.74) is 2.09. The smallest absolute Gasteiger partial charge is 0.234 e. The molecule has 2 aromatic carbocycles. The fourth-order valence-electron chi connectivity index (χ4n) is 3.01. The summed E-state index contributed by atoms with van der Waals surface area (Å²) in [5, 5.41) is 12.0. The van der Waals surface area contributed by atoms with Crippen LogP contribution < -0.4 is 24.3 Å². The molecule has 0 fully saturated rings. The first-order valence-electron chi connectivity index (χ1n) is 9.54. The molecule has 3 aromatic rings. The molecule has 0 bridgehead atoms. The fraction of sp³-hybridized carbons (Fsp3) is 0.227. The molecule has 9 heteroatoms. The van der Waals surface area contributed by atoms with Crippen molar-refractivity contribution >= 4 is 23.4 Å². The van der Waals surface area contributed by atoms with Crippen molar-refractivity contribution in [2.24, 2.45) is 0 Å². The lowest BCUT2D eigenvalue weighted by atomic mass is 10.1. The third-order valence-corrected chi connectivity index (χ3v) is 5.42. The van der Waals surface area contributed by atoms with Crippen molar-refractivity contribution < 1.29 is 23.7 Å². The number of benzene rings is 2. The number of nitrogens with zero attached hydrogens (tertiary/aromatic N) is 2. The molecule has 1 aliphatic rings. The van der Waals surface area contributed by atoms with E-state index in [0.29, 0.717) is 52.6 Å². The van der Waals surface area contributed by atoms with Crippen LogP contribution in [0.3, 0.4) is 0 Å². The van der Waals surface area contributed by atoms with Gasteiger partial charge in [0.05, 0.1) is 25.7 Å². The van der Waals surface area contributed by atoms with Gasteiger partial charge < -0.3 is 24.3 Å². The molecule has 1 N–H and O–H groups in total. The van der Waals surface area contributed by atoms with Crippen LogP contribution in [0.2, 0.25) is 0 Å². The van der Waals surface area contributed by atoms with Crippen molar-refractivity contribution in [2.45, 2.75) is 5.03 Å². The lowest BCUT2D eigenvalue weighted by molar-refractivity contribution is -0.113. The topological polar surface area (TPSA) is 91.8 Å². The zero-order valence-corrected chi connectivity index (χ0v) is 17.9. The Labute approximate surface area is 183 Å². The third kappa shape index (κ3) is 5.00. The van der Waals surface area contributed by atoms with Crippen LogP contribution in [0.5, 0.6) is 23.0 Å². The summed E-state index contributed by atoms with van der Waals surface area (Å²) in [6.07, 6.45) is 0. The molecule has 31 heavy (non-hydrogen) atoms. The van der Waals surface area contributed by atoms with Crippen LogP contribution in [-0.2, 0) is 4.79 Å². The van der Waals surface area contributed by atoms with Gasteiger partial charge in [-0.15, -0.1) is 10.2 Å². The number of fused-ring (bicyclic) bond motifs is 1. The van der Waals surface area contributed by atoms with Crippen molar-refractivity contribution in [3.8, 4) is 34.3 Å². The van der Waals surface area contributed by atoms with Crippen LogP contribution in [0.25, 0.3) is 11.3 Å². The predicted octanol–water partition coefficient (Wildman–Crippen LogP) is 3.66. The highest BCUT2D eigenvalue weighted by Crippen LogP contribution is 2.33. The second kappa shape index (κ2) is 9.57. The van der Waals surface area contributed by atoms with Crippen LogP contribution in [0.4, 0.5) is 5.69 Å². The minimum absolute atomic E-state index is 0.151. The van der Waals surface area contributed by atoms with Crippen molar-refractivity contribution in [1.29, 1.82) is 0 Å². The second-order valence-electron chi connectivity index (χ2n) is 6.52. The molecule has 2 heterocycles. The lowest BCUT2D eigenvalue weighted by Crippen LogP contribution is -2.17. The minimum atomic E-state index is -0.151. The molecule has 1 amide bonds. The summed E-state index contributed by atoms with van der Waals surface area (Å²) in [7, 11) is 3.20. The summed E-state index contributed by atoms with van der Waals surface area (Å²) in [6.45, 7) is 1.02. The summed E-state index contributed by atoms with van der Waals surface area (Å²) < 4.78 is 21.7. The molecule has 0 spiro atoms. The van der Waals surface area contributed by atoms with Gasteiger partial charge in [0.25, 0.3) is 0 Å². The van der Waals surface area contributed by atoms with Gasteiger partial charge in [-0.1, -0.05) is 11.8 Å². The lowest BCUT2D eigenvalue weighted by Gasteiger charge is -2.18. The van der Waals surface area contributed by atoms with E-state index in [1.807, 2.05) is 30.3 Å². The van der Waals surface area contributed by atoms with Gasteiger partial charge in [-0.3, -0.25) is 4.79 Å². The Balaban J connectivity index is 1.37. The molecule has 0 unspecified atom stereocenters. The van der Waals surface area contributed by atoms with Crippen molar-refractivity contribution in [2.75, 3.05) is 38.5 Å². The zero-order chi connectivity index (χ0) is 21.6. The molecule has 8 nitrogen and oxygen atoms in total. The van der Waals surface area contributed by atoms with Gasteiger partial charge in [-0.05, 0) is 42.5 Å². The third-order valence-electron chi connectivity index (χ3n) is 4.50. The maximum atomic E-state index is 12.3. The second-order valence-corrected chi connectivity index (χ2v) is 7.51. The highest BCUT2D eigenvalue weighted by molar-refractivity contribution is 7.99. The number of methoxy groups -OCH3 is 2. The Hall–Kier alpha value is -3.46. The number of thioether (sulfide) groups is 1. The van der Waals surface area contributed by atoms with Gasteiger partial charge in [0, 0.05) is 17.3 Å². The fourth-order valence-corrected chi connectivity index (χ4v) is 3.63. The van der Waals surface area contributed by atoms with Gasteiger partial charge in [-0.2, -0.15) is 0 Å². The average Bonchev–Trinajstić information content (AvgIpc) is 2.82. The zero-order valence-electron chi connectivity index (χ0n) is 17.1. The Bertz CT molecular complexity index is 1080. The predicted molar refractivity (Wildman–Crippen MR) is 117 cm³/mol. The van der Waals surface area contributed by atoms with E-state index in [2.05, 4.69) is 15.5 Å². The standard InChI is InChI=1S/C22H21N3O5S/c1-27-15-4-7-18(28-2)16(12-15)17-5-8-22(25-24-17)31-13-21(26)23-14-3-6-19-20(11-14)30-10-9-29-19/h3-8,11-12H,9-10,13H2,1-2H3,(H,23,26). The van der Waals surface area contributed by atoms with Crippen LogP contribution in [0.15, 0.2) is 53.6 Å². The van der Waals surface area contributed by atoms with E-state index >= 15 is 0 Å². The molecular formula is C22H21N3O5S. The molecule has 0 aliphatic carbocycles. The van der Waals surface area contributed by atoms with Crippen molar-refractivity contribution in [1.82, 2.24) is 10.2 Å². The highest BCUT2D eigenvalue weighted by Gasteiger charge is 2.14. The number of anilines is 1. The summed E-state index contributed by atoms with van der Waals surface area (Å²) in [4.78, 5) is 12.3. The number of rotatable bonds is 7. The molecule has 1 aromatic heterocycles. The number of carbonyl (C=O) groups excluding carboxylic acids is 1. The first kappa shape index (κ1) is 20.8. The largest absolute Gasteiger partial charge is 0.497 e. The maximum Gasteiger partial charge on any atom is 0.234 e. The number of carbonyl (C=O) groups is 1. The minimum Gasteiger partial charge on any atom is -0.497 e. The number of hydrogen-bond acceptors (Lipinski definition) is 8. The van der Waals surface area contributed by atoms with E-state index < -0.39 is 0 Å². The van der Waals surface area contributed by atoms with Crippen LogP contribution in [0.1, 0.15) is 0 Å². The normalized spacial score (nSPS) is 12.2. The van der Waals surface area contributed by atoms with Crippen LogP contribution in [-0.4, -0.2) is 49.3 Å². The molecule has 0 saturated heterocycles. The van der Waals surface area contributed by atoms with Crippen molar-refractivity contribution in [3.05, 3.63) is 48.5 Å². The van der Waals surface area contributed by atoms with Crippen LogP contribution >= 0.6 is 11.8 Å². The van der Waals surface area contributed by atoms with E-state index in [9.17, 15) is 4.79 Å². The quantitative estimate of drug-likeness (QED) is 0.558. The van der Waals surface area contributed by atoms with E-state index in [0.717, 1.165) is 5.56 Å². The van der Waals surface area contributed by atoms with Gasteiger partial charge in [0.1, 0.15) is 29.7 Å². The summed E-state index contributed by atoms with van der Waals surface area (Å²) in [6, 6.07) is 14.5. The highest BCUT2D eigenvalue weighted by atomic mass is 32.2. The SMILES string of the molecule is COc1ccc(OC)c(-c2ccc(SCC(=O)Nc3ccc4c(c3)OCCO4)nn2)c1. The summed E-state index contributed by atoms with van der Waals surface area (Å²) >= 11 is 1.30. The van der Waals surface area contributed by atoms with Gasteiger partial charge in [0.15, 0.2) is 11.5 Å². The Morgan fingerprint density at radius 3 is 2.58 bits per heavy atom.